The van der Waals surface area contributed by atoms with Crippen LogP contribution >= 0.6 is 0 Å². The number of nitrogens with zero attached hydrogens (tertiary/aromatic N) is 5. The summed E-state index contributed by atoms with van der Waals surface area (Å²) in [7, 11) is 0. The number of nitrogens with one attached hydrogen (secondary N) is 2. The fraction of sp³-hybridized carbons (Fsp3) is 0.455. The van der Waals surface area contributed by atoms with Crippen LogP contribution in [0.5, 0.6) is 0 Å². The number of rotatable bonds is 4. The molecule has 0 aliphatic carbocycles. The molecule has 0 bridgehead atoms. The fourth-order valence-electron chi connectivity index (χ4n) is 4.42. The Morgan fingerprint density at radius 2 is 1.70 bits per heavy atom. The number of amides is 1. The van der Waals surface area contributed by atoms with Crippen molar-refractivity contribution in [3.05, 3.63) is 41.7 Å². The van der Waals surface area contributed by atoms with E-state index in [1.165, 1.54) is 6.42 Å². The van der Waals surface area contributed by atoms with E-state index in [0.29, 0.717) is 17.6 Å². The number of H-pyrrole nitrogens is 1. The Morgan fingerprint density at radius 3 is 2.53 bits per heavy atom. The minimum atomic E-state index is -0.232. The molecule has 1 fully saturated rings. The Labute approximate surface area is 175 Å². The molecule has 0 atom stereocenters. The summed E-state index contributed by atoms with van der Waals surface area (Å²) < 4.78 is 2.22. The number of fused-ring (bicyclic) bond motifs is 1. The summed E-state index contributed by atoms with van der Waals surface area (Å²) in [6.07, 6.45) is 7.75. The number of carbonyl (C=O) groups excluding carboxylic acids is 1. The summed E-state index contributed by atoms with van der Waals surface area (Å²) in [5.41, 5.74) is 2.54. The zero-order valence-electron chi connectivity index (χ0n) is 17.1. The van der Waals surface area contributed by atoms with Gasteiger partial charge < -0.3 is 9.47 Å². The molecule has 1 amide bonds. The summed E-state index contributed by atoms with van der Waals surface area (Å²) in [5.74, 6) is 1.66. The molecule has 2 N–H and O–H groups in total. The van der Waals surface area contributed by atoms with E-state index in [1.807, 2.05) is 30.3 Å². The van der Waals surface area contributed by atoms with E-state index in [2.05, 4.69) is 30.0 Å². The van der Waals surface area contributed by atoms with E-state index in [-0.39, 0.29) is 5.91 Å². The van der Waals surface area contributed by atoms with Gasteiger partial charge in [-0.3, -0.25) is 10.1 Å². The van der Waals surface area contributed by atoms with Gasteiger partial charge in [0, 0.05) is 25.2 Å². The van der Waals surface area contributed by atoms with E-state index in [1.54, 1.807) is 0 Å². The molecule has 2 aliphatic rings. The molecule has 4 heterocycles. The molecule has 8 nitrogen and oxygen atoms in total. The van der Waals surface area contributed by atoms with Crippen LogP contribution in [0.1, 0.15) is 54.7 Å². The monoisotopic (exact) mass is 405 g/mol. The molecule has 2 aliphatic heterocycles. The van der Waals surface area contributed by atoms with E-state index < -0.39 is 0 Å². The van der Waals surface area contributed by atoms with Crippen molar-refractivity contribution in [2.24, 2.45) is 0 Å². The van der Waals surface area contributed by atoms with Crippen molar-refractivity contribution in [2.45, 2.75) is 51.5 Å². The number of carbonyl (C=O) groups is 1. The smallest absolute Gasteiger partial charge is 0.278 e. The number of aromatic nitrogens is 5. The number of hydrogen-bond acceptors (Lipinski definition) is 5. The maximum absolute atomic E-state index is 13.1. The van der Waals surface area contributed by atoms with Gasteiger partial charge in [-0.15, -0.1) is 5.10 Å². The Kier molecular flexibility index (Phi) is 5.21. The summed E-state index contributed by atoms with van der Waals surface area (Å²) in [5, 5.41) is 10.0. The van der Waals surface area contributed by atoms with Gasteiger partial charge in [-0.25, -0.2) is 10.1 Å². The van der Waals surface area contributed by atoms with Crippen molar-refractivity contribution in [3.8, 4) is 11.4 Å². The summed E-state index contributed by atoms with van der Waals surface area (Å²) in [4.78, 5) is 24.6. The van der Waals surface area contributed by atoms with Crippen molar-refractivity contribution >= 4 is 17.8 Å². The van der Waals surface area contributed by atoms with Crippen LogP contribution in [0.15, 0.2) is 30.3 Å². The van der Waals surface area contributed by atoms with Crippen molar-refractivity contribution < 1.29 is 4.79 Å². The third kappa shape index (κ3) is 3.69. The largest absolute Gasteiger partial charge is 0.340 e. The molecular weight excluding hydrogens is 378 g/mol. The predicted octanol–water partition coefficient (Wildman–Crippen LogP) is 3.64. The first-order valence-corrected chi connectivity index (χ1v) is 10.9. The van der Waals surface area contributed by atoms with Crippen LogP contribution < -0.4 is 10.2 Å². The molecular formula is C22H27N7O. The maximum atomic E-state index is 13.1. The second kappa shape index (κ2) is 8.30. The number of anilines is 2. The van der Waals surface area contributed by atoms with E-state index in [9.17, 15) is 4.79 Å². The highest BCUT2D eigenvalue weighted by Gasteiger charge is 2.25. The lowest BCUT2D eigenvalue weighted by Gasteiger charge is -2.24. The van der Waals surface area contributed by atoms with Crippen molar-refractivity contribution in [1.82, 2.24) is 24.7 Å². The van der Waals surface area contributed by atoms with Gasteiger partial charge in [0.25, 0.3) is 5.91 Å². The average Bonchev–Trinajstić information content (AvgIpc) is 3.32. The lowest BCUT2D eigenvalue weighted by atomic mass is 10.1. The van der Waals surface area contributed by atoms with Crippen molar-refractivity contribution in [3.63, 3.8) is 0 Å². The number of imidazole rings is 1. The van der Waals surface area contributed by atoms with E-state index in [0.717, 1.165) is 75.2 Å². The van der Waals surface area contributed by atoms with Gasteiger partial charge in [0.2, 0.25) is 11.9 Å². The van der Waals surface area contributed by atoms with Crippen LogP contribution in [0, 0.1) is 0 Å². The Morgan fingerprint density at radius 1 is 0.933 bits per heavy atom. The van der Waals surface area contributed by atoms with Crippen LogP contribution in [-0.2, 0) is 13.0 Å². The zero-order valence-corrected chi connectivity index (χ0v) is 17.1. The van der Waals surface area contributed by atoms with E-state index >= 15 is 0 Å². The van der Waals surface area contributed by atoms with Gasteiger partial charge in [0.05, 0.1) is 5.69 Å². The minimum absolute atomic E-state index is 0.232. The lowest BCUT2D eigenvalue weighted by molar-refractivity contribution is 0.102. The minimum Gasteiger partial charge on any atom is -0.340 e. The van der Waals surface area contributed by atoms with Gasteiger partial charge >= 0.3 is 0 Å². The average molecular weight is 406 g/mol. The number of hydrogen-bond donors (Lipinski definition) is 2. The highest BCUT2D eigenvalue weighted by Crippen LogP contribution is 2.27. The highest BCUT2D eigenvalue weighted by atomic mass is 16.2. The molecule has 0 saturated carbocycles. The van der Waals surface area contributed by atoms with Gasteiger partial charge in [-0.2, -0.15) is 4.98 Å². The van der Waals surface area contributed by atoms with Gasteiger partial charge in [-0.1, -0.05) is 36.8 Å². The quantitative estimate of drug-likeness (QED) is 0.691. The van der Waals surface area contributed by atoms with Crippen LogP contribution in [0.2, 0.25) is 0 Å². The third-order valence-corrected chi connectivity index (χ3v) is 5.96. The lowest BCUT2D eigenvalue weighted by Crippen LogP contribution is -2.30. The standard InChI is InChI=1S/C22H27N7O/c30-20(24-21-25-22(27-26-21)28-13-7-3-8-14-28)18-17-12-6-2-9-15-29(17)19(23-18)16-10-4-1-5-11-16/h1,4-5,10-11H,2-3,6-9,12-15H2,(H2,24,25,26,27,30). The Balaban J connectivity index is 1.42. The van der Waals surface area contributed by atoms with Crippen molar-refractivity contribution in [1.29, 1.82) is 0 Å². The molecule has 0 spiro atoms. The molecule has 156 valence electrons. The second-order valence-electron chi connectivity index (χ2n) is 8.04. The Bertz CT molecular complexity index is 1020. The summed E-state index contributed by atoms with van der Waals surface area (Å²) >= 11 is 0. The number of benzene rings is 1. The third-order valence-electron chi connectivity index (χ3n) is 5.96. The SMILES string of the molecule is O=C(Nc1nc(N2CCCCC2)n[nH]1)c1nc(-c2ccccc2)n2c1CCCCC2. The summed E-state index contributed by atoms with van der Waals surface area (Å²) in [6, 6.07) is 10.1. The van der Waals surface area contributed by atoms with Gasteiger partial charge in [0.1, 0.15) is 5.82 Å². The molecule has 5 rings (SSSR count). The first-order valence-electron chi connectivity index (χ1n) is 10.9. The summed E-state index contributed by atoms with van der Waals surface area (Å²) in [6.45, 7) is 2.81. The Hall–Kier alpha value is -3.16. The van der Waals surface area contributed by atoms with Gasteiger partial charge in [-0.05, 0) is 38.5 Å². The van der Waals surface area contributed by atoms with Crippen LogP contribution in [-0.4, -0.2) is 43.7 Å². The topological polar surface area (TPSA) is 91.7 Å². The molecule has 3 aromatic rings. The van der Waals surface area contributed by atoms with Gasteiger partial charge in [0.15, 0.2) is 5.69 Å². The predicted molar refractivity (Wildman–Crippen MR) is 116 cm³/mol. The molecule has 0 radical (unpaired) electrons. The second-order valence-corrected chi connectivity index (χ2v) is 8.04. The van der Waals surface area contributed by atoms with Crippen molar-refractivity contribution in [2.75, 3.05) is 23.3 Å². The fourth-order valence-corrected chi connectivity index (χ4v) is 4.42. The molecule has 0 unspecified atom stereocenters. The highest BCUT2D eigenvalue weighted by molar-refractivity contribution is 6.03. The van der Waals surface area contributed by atoms with Crippen LogP contribution in [0.3, 0.4) is 0 Å². The first-order chi connectivity index (χ1) is 14.8. The normalized spacial score (nSPS) is 16.7. The molecule has 2 aromatic heterocycles. The van der Waals surface area contributed by atoms with E-state index in [4.69, 9.17) is 4.98 Å². The maximum Gasteiger partial charge on any atom is 0.278 e. The first kappa shape index (κ1) is 18.8. The molecule has 8 heteroatoms. The zero-order chi connectivity index (χ0) is 20.3. The number of aromatic amines is 1. The number of piperidine rings is 1. The van der Waals surface area contributed by atoms with Crippen LogP contribution in [0.25, 0.3) is 11.4 Å². The molecule has 30 heavy (non-hydrogen) atoms. The van der Waals surface area contributed by atoms with Crippen LogP contribution in [0.4, 0.5) is 11.9 Å². The molecule has 1 saturated heterocycles. The molecule has 1 aromatic carbocycles.